The average Bonchev–Trinajstić information content (AvgIpc) is 2.48. The van der Waals surface area contributed by atoms with Gasteiger partial charge in [-0.25, -0.2) is 9.97 Å². The van der Waals surface area contributed by atoms with Gasteiger partial charge in [-0.15, -0.1) is 0 Å². The Morgan fingerprint density at radius 1 is 1.10 bits per heavy atom. The largest absolute Gasteiger partial charge is 0.310 e. The number of aromatic nitrogens is 3. The topological polar surface area (TPSA) is 67.8 Å². The van der Waals surface area contributed by atoms with Gasteiger partial charge in [-0.3, -0.25) is 9.78 Å². The van der Waals surface area contributed by atoms with Crippen molar-refractivity contribution in [1.82, 2.24) is 15.0 Å². The molecule has 20 heavy (non-hydrogen) atoms. The highest BCUT2D eigenvalue weighted by Gasteiger charge is 2.06. The van der Waals surface area contributed by atoms with Crippen molar-refractivity contribution < 1.29 is 4.79 Å². The number of amides is 1. The summed E-state index contributed by atoms with van der Waals surface area (Å²) in [6, 6.07) is 13.3. The molecule has 1 amide bonds. The summed E-state index contributed by atoms with van der Waals surface area (Å²) >= 11 is 0. The summed E-state index contributed by atoms with van der Waals surface area (Å²) in [6.45, 7) is 0. The number of hydrogen-bond acceptors (Lipinski definition) is 4. The van der Waals surface area contributed by atoms with E-state index in [2.05, 4.69) is 20.3 Å². The number of rotatable bonds is 3. The standard InChI is InChI=1S/C15H12N4O/c20-15(19-14-7-8-16-10-17-14)9-12-6-5-11-3-1-2-4-13(11)18-12/h1-8,10H,9H2,(H,16,17,19,20). The molecule has 5 nitrogen and oxygen atoms in total. The lowest BCUT2D eigenvalue weighted by Crippen LogP contribution is -2.16. The van der Waals surface area contributed by atoms with E-state index in [1.807, 2.05) is 36.4 Å². The predicted molar refractivity (Wildman–Crippen MR) is 76.1 cm³/mol. The average molecular weight is 264 g/mol. The van der Waals surface area contributed by atoms with Crippen LogP contribution < -0.4 is 5.32 Å². The van der Waals surface area contributed by atoms with Gasteiger partial charge >= 0.3 is 0 Å². The molecule has 0 spiro atoms. The summed E-state index contributed by atoms with van der Waals surface area (Å²) < 4.78 is 0. The van der Waals surface area contributed by atoms with Gasteiger partial charge in [0.25, 0.3) is 0 Å². The Labute approximate surface area is 115 Å². The summed E-state index contributed by atoms with van der Waals surface area (Å²) in [7, 11) is 0. The van der Waals surface area contributed by atoms with E-state index < -0.39 is 0 Å². The third-order valence-electron chi connectivity index (χ3n) is 2.85. The number of carbonyl (C=O) groups excluding carboxylic acids is 1. The van der Waals surface area contributed by atoms with Crippen molar-refractivity contribution in [2.24, 2.45) is 0 Å². The van der Waals surface area contributed by atoms with Crippen molar-refractivity contribution >= 4 is 22.6 Å². The van der Waals surface area contributed by atoms with Crippen LogP contribution in [0.2, 0.25) is 0 Å². The van der Waals surface area contributed by atoms with Gasteiger partial charge in [-0.2, -0.15) is 0 Å². The molecule has 3 rings (SSSR count). The van der Waals surface area contributed by atoms with Crippen molar-refractivity contribution in [3.8, 4) is 0 Å². The van der Waals surface area contributed by atoms with E-state index in [4.69, 9.17) is 0 Å². The SMILES string of the molecule is O=C(Cc1ccc2ccccc2n1)Nc1ccncn1. The van der Waals surface area contributed by atoms with E-state index in [1.165, 1.54) is 6.33 Å². The highest BCUT2D eigenvalue weighted by molar-refractivity contribution is 5.91. The van der Waals surface area contributed by atoms with Gasteiger partial charge < -0.3 is 5.32 Å². The third-order valence-corrected chi connectivity index (χ3v) is 2.85. The molecule has 0 saturated heterocycles. The first kappa shape index (κ1) is 12.2. The van der Waals surface area contributed by atoms with E-state index in [-0.39, 0.29) is 12.3 Å². The minimum atomic E-state index is -0.147. The van der Waals surface area contributed by atoms with Crippen LogP contribution in [-0.4, -0.2) is 20.9 Å². The maximum absolute atomic E-state index is 11.9. The fourth-order valence-electron chi connectivity index (χ4n) is 1.92. The molecule has 0 radical (unpaired) electrons. The Morgan fingerprint density at radius 3 is 2.85 bits per heavy atom. The zero-order chi connectivity index (χ0) is 13.8. The van der Waals surface area contributed by atoms with Gasteiger partial charge in [-0.1, -0.05) is 24.3 Å². The third kappa shape index (κ3) is 2.77. The van der Waals surface area contributed by atoms with Crippen molar-refractivity contribution in [3.05, 3.63) is 60.7 Å². The molecule has 98 valence electrons. The molecule has 2 heterocycles. The Balaban J connectivity index is 1.74. The molecule has 0 atom stereocenters. The van der Waals surface area contributed by atoms with Crippen LogP contribution in [0, 0.1) is 0 Å². The summed E-state index contributed by atoms with van der Waals surface area (Å²) in [5, 5.41) is 3.77. The highest BCUT2D eigenvalue weighted by atomic mass is 16.1. The molecule has 0 aliphatic rings. The van der Waals surface area contributed by atoms with Crippen molar-refractivity contribution in [1.29, 1.82) is 0 Å². The van der Waals surface area contributed by atoms with Crippen molar-refractivity contribution in [3.63, 3.8) is 0 Å². The van der Waals surface area contributed by atoms with E-state index >= 15 is 0 Å². The molecule has 1 aromatic carbocycles. The zero-order valence-corrected chi connectivity index (χ0v) is 10.7. The first-order chi connectivity index (χ1) is 9.81. The molecule has 0 bridgehead atoms. The van der Waals surface area contributed by atoms with E-state index in [0.717, 1.165) is 16.6 Å². The number of nitrogens with one attached hydrogen (secondary N) is 1. The highest BCUT2D eigenvalue weighted by Crippen LogP contribution is 2.12. The fraction of sp³-hybridized carbons (Fsp3) is 0.0667. The number of nitrogens with zero attached hydrogens (tertiary/aromatic N) is 3. The van der Waals surface area contributed by atoms with Crippen LogP contribution in [0.3, 0.4) is 0 Å². The molecule has 5 heteroatoms. The first-order valence-corrected chi connectivity index (χ1v) is 6.22. The van der Waals surface area contributed by atoms with Crippen molar-refractivity contribution in [2.75, 3.05) is 5.32 Å². The number of carbonyl (C=O) groups is 1. The molecule has 0 unspecified atom stereocenters. The lowest BCUT2D eigenvalue weighted by Gasteiger charge is -2.04. The van der Waals surface area contributed by atoms with Crippen LogP contribution in [0.4, 0.5) is 5.82 Å². The monoisotopic (exact) mass is 264 g/mol. The number of anilines is 1. The van der Waals surface area contributed by atoms with Gasteiger partial charge in [0.15, 0.2) is 0 Å². The smallest absolute Gasteiger partial charge is 0.231 e. The Bertz CT molecular complexity index is 743. The predicted octanol–water partition coefficient (Wildman–Crippen LogP) is 2.21. The van der Waals surface area contributed by atoms with Gasteiger partial charge in [0.2, 0.25) is 5.91 Å². The number of pyridine rings is 1. The van der Waals surface area contributed by atoms with Gasteiger partial charge in [-0.05, 0) is 18.2 Å². The van der Waals surface area contributed by atoms with E-state index in [9.17, 15) is 4.79 Å². The molecule has 1 N–H and O–H groups in total. The van der Waals surface area contributed by atoms with Crippen molar-refractivity contribution in [2.45, 2.75) is 6.42 Å². The number of hydrogen-bond donors (Lipinski definition) is 1. The zero-order valence-electron chi connectivity index (χ0n) is 10.7. The molecule has 0 fully saturated rings. The van der Waals surface area contributed by atoms with E-state index in [1.54, 1.807) is 12.3 Å². The molecule has 0 saturated carbocycles. The molecule has 3 aromatic rings. The van der Waals surface area contributed by atoms with E-state index in [0.29, 0.717) is 5.82 Å². The maximum Gasteiger partial charge on any atom is 0.231 e. The molecule has 2 aromatic heterocycles. The second-order valence-corrected chi connectivity index (χ2v) is 4.31. The molecule has 0 aliphatic carbocycles. The number of fused-ring (bicyclic) bond motifs is 1. The van der Waals surface area contributed by atoms with Gasteiger partial charge in [0.1, 0.15) is 12.1 Å². The minimum absolute atomic E-state index is 0.147. The Hall–Kier alpha value is -2.82. The summed E-state index contributed by atoms with van der Waals surface area (Å²) in [4.78, 5) is 24.1. The van der Waals surface area contributed by atoms with Crippen LogP contribution in [0.1, 0.15) is 5.69 Å². The summed E-state index contributed by atoms with van der Waals surface area (Å²) in [6.07, 6.45) is 3.19. The Kier molecular flexibility index (Phi) is 3.33. The summed E-state index contributed by atoms with van der Waals surface area (Å²) in [5.74, 6) is 0.345. The normalized spacial score (nSPS) is 10.4. The first-order valence-electron chi connectivity index (χ1n) is 6.22. The van der Waals surface area contributed by atoms with Crippen LogP contribution in [0.5, 0.6) is 0 Å². The van der Waals surface area contributed by atoms with Gasteiger partial charge in [0.05, 0.1) is 17.6 Å². The minimum Gasteiger partial charge on any atom is -0.310 e. The lowest BCUT2D eigenvalue weighted by atomic mass is 10.2. The molecule has 0 aliphatic heterocycles. The summed E-state index contributed by atoms with van der Waals surface area (Å²) in [5.41, 5.74) is 1.62. The van der Waals surface area contributed by atoms with Crippen LogP contribution in [0.25, 0.3) is 10.9 Å². The maximum atomic E-state index is 11.9. The van der Waals surface area contributed by atoms with Crippen LogP contribution in [-0.2, 0) is 11.2 Å². The molecular formula is C15H12N4O. The quantitative estimate of drug-likeness (QED) is 0.787. The second kappa shape index (κ2) is 5.44. The Morgan fingerprint density at radius 2 is 2.00 bits per heavy atom. The van der Waals surface area contributed by atoms with Gasteiger partial charge in [0, 0.05) is 11.6 Å². The fourth-order valence-corrected chi connectivity index (χ4v) is 1.92. The molecular weight excluding hydrogens is 252 g/mol. The number of benzene rings is 1. The van der Waals surface area contributed by atoms with Crippen LogP contribution in [0.15, 0.2) is 55.0 Å². The lowest BCUT2D eigenvalue weighted by molar-refractivity contribution is -0.115. The number of para-hydroxylation sites is 1. The van der Waals surface area contributed by atoms with Crippen LogP contribution >= 0.6 is 0 Å². The second-order valence-electron chi connectivity index (χ2n) is 4.31.